The Morgan fingerprint density at radius 3 is 1.67 bits per heavy atom. The Hall–Kier alpha value is -1.13. The molecule has 0 aliphatic carbocycles. The second kappa shape index (κ2) is 6.71. The van der Waals surface area contributed by atoms with E-state index in [1.54, 1.807) is 0 Å². The standard InChI is InChI=1S/C17H16P/c1-3-10-15(2)18(16-11-6-4-7-12-16)17-13-8-5-9-14-17/h3-14H,1-2H2. The Morgan fingerprint density at radius 1 is 0.833 bits per heavy atom. The highest BCUT2D eigenvalue weighted by Crippen LogP contribution is 2.45. The van der Waals surface area contributed by atoms with Crippen LogP contribution in [0.5, 0.6) is 0 Å². The normalized spacial score (nSPS) is 11.1. The maximum absolute atomic E-state index is 4.20. The molecule has 0 heterocycles. The first kappa shape index (κ1) is 13.3. The summed E-state index contributed by atoms with van der Waals surface area (Å²) in [4.78, 5) is 0. The van der Waals surface area contributed by atoms with Gasteiger partial charge in [0.05, 0.1) is 0 Å². The predicted octanol–water partition coefficient (Wildman–Crippen LogP) is 3.73. The van der Waals surface area contributed by atoms with Crippen molar-refractivity contribution in [2.24, 2.45) is 0 Å². The van der Waals surface area contributed by atoms with E-state index in [0.29, 0.717) is 0 Å². The topological polar surface area (TPSA) is 0 Å². The van der Waals surface area contributed by atoms with Crippen molar-refractivity contribution in [1.82, 2.24) is 0 Å². The second-order valence-electron chi connectivity index (χ2n) is 3.90. The Bertz CT molecular complexity index is 410. The van der Waals surface area contributed by atoms with E-state index in [4.69, 9.17) is 0 Å². The summed E-state index contributed by atoms with van der Waals surface area (Å²) >= 11 is 0. The van der Waals surface area contributed by atoms with Gasteiger partial charge in [-0.2, -0.15) is 0 Å². The van der Waals surface area contributed by atoms with Crippen molar-refractivity contribution in [3.05, 3.63) is 93.0 Å². The molecule has 18 heavy (non-hydrogen) atoms. The lowest BCUT2D eigenvalue weighted by atomic mass is 10.3. The lowest BCUT2D eigenvalue weighted by Crippen LogP contribution is -2.15. The minimum absolute atomic E-state index is 0.539. The fraction of sp³-hybridized carbons (Fsp3) is 0. The van der Waals surface area contributed by atoms with Crippen LogP contribution in [0.1, 0.15) is 0 Å². The van der Waals surface area contributed by atoms with Gasteiger partial charge in [-0.15, -0.1) is 0 Å². The first-order chi connectivity index (χ1) is 8.83. The molecule has 2 aromatic carbocycles. The molecule has 0 aliphatic rings. The van der Waals surface area contributed by atoms with Gasteiger partial charge in [-0.1, -0.05) is 60.7 Å². The Morgan fingerprint density at radius 2 is 1.28 bits per heavy atom. The van der Waals surface area contributed by atoms with E-state index in [1.807, 2.05) is 25.0 Å². The highest BCUT2D eigenvalue weighted by atomic mass is 31.1. The number of benzene rings is 2. The Kier molecular flexibility index (Phi) is 4.96. The number of hydrogen-bond donors (Lipinski definition) is 0. The van der Waals surface area contributed by atoms with E-state index in [1.165, 1.54) is 10.6 Å². The maximum Gasteiger partial charge on any atom is 0.0124 e. The summed E-state index contributed by atoms with van der Waals surface area (Å²) in [6.07, 6.45) is 3.81. The first-order valence-electron chi connectivity index (χ1n) is 5.88. The minimum atomic E-state index is -0.539. The van der Waals surface area contributed by atoms with Crippen LogP contribution in [0.25, 0.3) is 0 Å². The third-order valence-electron chi connectivity index (χ3n) is 2.63. The van der Waals surface area contributed by atoms with Crippen molar-refractivity contribution in [2.75, 3.05) is 0 Å². The summed E-state index contributed by atoms with van der Waals surface area (Å²) in [7, 11) is -0.539. The lowest BCUT2D eigenvalue weighted by Gasteiger charge is -2.24. The van der Waals surface area contributed by atoms with Crippen molar-refractivity contribution < 1.29 is 0 Å². The molecule has 1 heteroatoms. The van der Waals surface area contributed by atoms with Crippen LogP contribution in [0.3, 0.4) is 0 Å². The van der Waals surface area contributed by atoms with Crippen LogP contribution < -0.4 is 10.6 Å². The zero-order valence-electron chi connectivity index (χ0n) is 10.3. The van der Waals surface area contributed by atoms with Gasteiger partial charge in [0.1, 0.15) is 0 Å². The second-order valence-corrected chi connectivity index (χ2v) is 6.18. The molecule has 0 saturated heterocycles. The van der Waals surface area contributed by atoms with Crippen LogP contribution in [-0.4, -0.2) is 0 Å². The largest absolute Gasteiger partial charge is 0.0622 e. The Labute approximate surface area is 112 Å². The van der Waals surface area contributed by atoms with Crippen LogP contribution in [0.2, 0.25) is 0 Å². The summed E-state index contributed by atoms with van der Waals surface area (Å²) < 4.78 is 0. The van der Waals surface area contributed by atoms with Gasteiger partial charge in [-0.05, 0) is 45.2 Å². The first-order valence-corrected chi connectivity index (χ1v) is 7.22. The lowest BCUT2D eigenvalue weighted by molar-refractivity contribution is 1.45. The molecule has 5 radical (unpaired) electrons. The van der Waals surface area contributed by atoms with Gasteiger partial charge >= 0.3 is 0 Å². The molecule has 0 bridgehead atoms. The van der Waals surface area contributed by atoms with Crippen molar-refractivity contribution in [2.45, 2.75) is 0 Å². The molecule has 0 aromatic heterocycles. The summed E-state index contributed by atoms with van der Waals surface area (Å²) in [5.74, 6) is 0. The molecular weight excluding hydrogens is 235 g/mol. The van der Waals surface area contributed by atoms with Gasteiger partial charge in [0.2, 0.25) is 0 Å². The van der Waals surface area contributed by atoms with Crippen molar-refractivity contribution in [1.29, 1.82) is 0 Å². The smallest absolute Gasteiger partial charge is 0.0124 e. The molecule has 0 nitrogen and oxygen atoms in total. The minimum Gasteiger partial charge on any atom is -0.0622 e. The molecule has 89 valence electrons. The molecule has 0 saturated carbocycles. The van der Waals surface area contributed by atoms with Crippen LogP contribution in [-0.2, 0) is 0 Å². The molecule has 0 spiro atoms. The van der Waals surface area contributed by atoms with E-state index in [-0.39, 0.29) is 0 Å². The van der Waals surface area contributed by atoms with E-state index in [0.717, 1.165) is 5.66 Å². The van der Waals surface area contributed by atoms with Gasteiger partial charge in [0.15, 0.2) is 0 Å². The molecule has 0 aliphatic heterocycles. The Balaban J connectivity index is 2.35. The maximum atomic E-state index is 4.20. The highest BCUT2D eigenvalue weighted by molar-refractivity contribution is 7.76. The monoisotopic (exact) mass is 251 g/mol. The predicted molar refractivity (Wildman–Crippen MR) is 81.6 cm³/mol. The van der Waals surface area contributed by atoms with E-state index >= 15 is 0 Å². The quantitative estimate of drug-likeness (QED) is 0.710. The van der Waals surface area contributed by atoms with Gasteiger partial charge < -0.3 is 0 Å². The van der Waals surface area contributed by atoms with Crippen LogP contribution in [0.15, 0.2) is 60.7 Å². The zero-order chi connectivity index (χ0) is 12.8. The number of hydrogen-bond acceptors (Lipinski definition) is 0. The zero-order valence-corrected chi connectivity index (χ0v) is 11.2. The van der Waals surface area contributed by atoms with Gasteiger partial charge in [0.25, 0.3) is 0 Å². The van der Waals surface area contributed by atoms with Gasteiger partial charge in [-0.3, -0.25) is 0 Å². The molecule has 2 rings (SSSR count). The molecule has 0 atom stereocenters. The number of rotatable bonds is 5. The molecule has 2 aromatic rings. The fourth-order valence-corrected chi connectivity index (χ4v) is 4.00. The van der Waals surface area contributed by atoms with Gasteiger partial charge in [0, 0.05) is 5.66 Å². The summed E-state index contributed by atoms with van der Waals surface area (Å²) in [6, 6.07) is 21.1. The molecule has 0 amide bonds. The molecule has 0 fully saturated rings. The summed E-state index contributed by atoms with van der Waals surface area (Å²) in [5, 5.41) is 2.64. The van der Waals surface area contributed by atoms with Crippen LogP contribution in [0.4, 0.5) is 0 Å². The van der Waals surface area contributed by atoms with Crippen molar-refractivity contribution in [3.63, 3.8) is 0 Å². The van der Waals surface area contributed by atoms with Crippen LogP contribution >= 0.6 is 7.92 Å². The summed E-state index contributed by atoms with van der Waals surface area (Å²) in [6.45, 7) is 7.96. The van der Waals surface area contributed by atoms with Crippen molar-refractivity contribution in [3.8, 4) is 0 Å². The average Bonchev–Trinajstić information content (AvgIpc) is 2.42. The highest BCUT2D eigenvalue weighted by Gasteiger charge is 2.20. The summed E-state index contributed by atoms with van der Waals surface area (Å²) in [5.41, 5.74) is 1.12. The van der Waals surface area contributed by atoms with E-state index in [9.17, 15) is 0 Å². The third kappa shape index (κ3) is 3.21. The van der Waals surface area contributed by atoms with E-state index in [2.05, 4.69) is 62.4 Å². The van der Waals surface area contributed by atoms with E-state index < -0.39 is 7.92 Å². The SMILES string of the molecule is [CH2][CH][CH][C]([CH2])P(c1ccccc1)c1ccccc1. The third-order valence-corrected chi connectivity index (χ3v) is 4.98. The van der Waals surface area contributed by atoms with Crippen molar-refractivity contribution >= 4 is 18.5 Å². The molecule has 0 N–H and O–H groups in total. The fourth-order valence-electron chi connectivity index (χ4n) is 1.85. The van der Waals surface area contributed by atoms with Gasteiger partial charge in [-0.25, -0.2) is 0 Å². The van der Waals surface area contributed by atoms with Crippen LogP contribution in [0, 0.1) is 32.3 Å². The molecular formula is C17H16P. The molecule has 0 unspecified atom stereocenters. The average molecular weight is 251 g/mol.